The van der Waals surface area contributed by atoms with Crippen LogP contribution in [-0.2, 0) is 0 Å². The second-order valence-electron chi connectivity index (χ2n) is 5.81. The number of carbonyl (C=O) groups excluding carboxylic acids is 2. The highest BCUT2D eigenvalue weighted by atomic mass is 16.2. The maximum Gasteiger partial charge on any atom is 0.323 e. The van der Waals surface area contributed by atoms with Crippen LogP contribution >= 0.6 is 0 Å². The van der Waals surface area contributed by atoms with Crippen LogP contribution in [0, 0.1) is 6.92 Å². The van der Waals surface area contributed by atoms with Crippen LogP contribution in [0.1, 0.15) is 15.9 Å². The van der Waals surface area contributed by atoms with E-state index in [1.54, 1.807) is 36.4 Å². The number of hydrogen-bond donors (Lipinski definition) is 3. The minimum Gasteiger partial charge on any atom is -0.322 e. The Kier molecular flexibility index (Phi) is 5.29. The number of amides is 3. The molecule has 0 saturated carbocycles. The van der Waals surface area contributed by atoms with Crippen LogP contribution < -0.4 is 16.0 Å². The van der Waals surface area contributed by atoms with Crippen LogP contribution in [0.25, 0.3) is 0 Å². The fraction of sp³-hybridized carbons (Fsp3) is 0.0476. The third-order valence-electron chi connectivity index (χ3n) is 3.76. The lowest BCUT2D eigenvalue weighted by Crippen LogP contribution is -2.22. The van der Waals surface area contributed by atoms with Crippen LogP contribution in [-0.4, -0.2) is 11.9 Å². The maximum atomic E-state index is 12.6. The summed E-state index contributed by atoms with van der Waals surface area (Å²) in [7, 11) is 0. The predicted molar refractivity (Wildman–Crippen MR) is 105 cm³/mol. The molecule has 0 radical (unpaired) electrons. The summed E-state index contributed by atoms with van der Waals surface area (Å²) in [6.07, 6.45) is 0. The van der Waals surface area contributed by atoms with Crippen molar-refractivity contribution in [3.63, 3.8) is 0 Å². The SMILES string of the molecule is Cc1ccc(NC(=O)c2ccccc2NC(=O)Nc2ccccc2)cc1. The van der Waals surface area contributed by atoms with E-state index in [-0.39, 0.29) is 5.91 Å². The monoisotopic (exact) mass is 345 g/mol. The highest BCUT2D eigenvalue weighted by molar-refractivity contribution is 6.11. The van der Waals surface area contributed by atoms with Gasteiger partial charge in [0.25, 0.3) is 5.91 Å². The molecule has 0 saturated heterocycles. The van der Waals surface area contributed by atoms with Gasteiger partial charge in [0.1, 0.15) is 0 Å². The third-order valence-corrected chi connectivity index (χ3v) is 3.76. The number of nitrogens with one attached hydrogen (secondary N) is 3. The highest BCUT2D eigenvalue weighted by Crippen LogP contribution is 2.18. The molecule has 0 unspecified atom stereocenters. The van der Waals surface area contributed by atoms with Gasteiger partial charge in [-0.1, -0.05) is 48.0 Å². The second-order valence-corrected chi connectivity index (χ2v) is 5.81. The van der Waals surface area contributed by atoms with Crippen LogP contribution in [0.3, 0.4) is 0 Å². The molecule has 3 aromatic rings. The number of rotatable bonds is 4. The minimum atomic E-state index is -0.410. The summed E-state index contributed by atoms with van der Waals surface area (Å²) in [5.74, 6) is -0.288. The number of urea groups is 1. The number of aryl methyl sites for hydroxylation is 1. The molecular weight excluding hydrogens is 326 g/mol. The van der Waals surface area contributed by atoms with E-state index in [2.05, 4.69) is 16.0 Å². The molecular formula is C21H19N3O2. The van der Waals surface area contributed by atoms with E-state index in [1.807, 2.05) is 49.4 Å². The van der Waals surface area contributed by atoms with E-state index in [1.165, 1.54) is 0 Å². The van der Waals surface area contributed by atoms with Gasteiger partial charge >= 0.3 is 6.03 Å². The van der Waals surface area contributed by atoms with Crippen molar-refractivity contribution in [2.45, 2.75) is 6.92 Å². The predicted octanol–water partition coefficient (Wildman–Crippen LogP) is 4.89. The van der Waals surface area contributed by atoms with E-state index >= 15 is 0 Å². The molecule has 3 N–H and O–H groups in total. The van der Waals surface area contributed by atoms with E-state index in [9.17, 15) is 9.59 Å². The Morgan fingerprint density at radius 3 is 2.00 bits per heavy atom. The first-order valence-corrected chi connectivity index (χ1v) is 8.22. The summed E-state index contributed by atoms with van der Waals surface area (Å²) in [5, 5.41) is 8.29. The lowest BCUT2D eigenvalue weighted by atomic mass is 10.1. The Labute approximate surface area is 152 Å². The molecule has 5 heteroatoms. The quantitative estimate of drug-likeness (QED) is 0.630. The fourth-order valence-corrected chi connectivity index (χ4v) is 2.43. The van der Waals surface area contributed by atoms with Crippen molar-refractivity contribution in [1.29, 1.82) is 0 Å². The zero-order chi connectivity index (χ0) is 18.4. The van der Waals surface area contributed by atoms with Crippen molar-refractivity contribution in [3.8, 4) is 0 Å². The van der Waals surface area contributed by atoms with Gasteiger partial charge in [0, 0.05) is 11.4 Å². The molecule has 0 aliphatic heterocycles. The maximum absolute atomic E-state index is 12.6. The molecule has 26 heavy (non-hydrogen) atoms. The molecule has 5 nitrogen and oxygen atoms in total. The third kappa shape index (κ3) is 4.48. The van der Waals surface area contributed by atoms with Gasteiger partial charge in [0.2, 0.25) is 0 Å². The molecule has 0 aromatic heterocycles. The number of carbonyl (C=O) groups is 2. The topological polar surface area (TPSA) is 70.2 Å². The Morgan fingerprint density at radius 2 is 1.27 bits per heavy atom. The van der Waals surface area contributed by atoms with Crippen molar-refractivity contribution in [3.05, 3.63) is 90.0 Å². The first-order chi connectivity index (χ1) is 12.6. The molecule has 3 amide bonds. The van der Waals surface area contributed by atoms with E-state index in [0.717, 1.165) is 5.56 Å². The van der Waals surface area contributed by atoms with Gasteiger partial charge in [-0.05, 0) is 43.3 Å². The van der Waals surface area contributed by atoms with Gasteiger partial charge in [-0.3, -0.25) is 4.79 Å². The van der Waals surface area contributed by atoms with Crippen molar-refractivity contribution >= 4 is 29.0 Å². The second kappa shape index (κ2) is 7.98. The van der Waals surface area contributed by atoms with Gasteiger partial charge in [0.15, 0.2) is 0 Å². The van der Waals surface area contributed by atoms with Crippen LogP contribution in [0.15, 0.2) is 78.9 Å². The molecule has 3 rings (SSSR count). The van der Waals surface area contributed by atoms with E-state index < -0.39 is 6.03 Å². The van der Waals surface area contributed by atoms with Gasteiger partial charge in [-0.15, -0.1) is 0 Å². The van der Waals surface area contributed by atoms with Crippen molar-refractivity contribution in [1.82, 2.24) is 0 Å². The fourth-order valence-electron chi connectivity index (χ4n) is 2.43. The summed E-state index contributed by atoms with van der Waals surface area (Å²) in [4.78, 5) is 24.8. The Bertz CT molecular complexity index is 906. The molecule has 0 spiro atoms. The summed E-state index contributed by atoms with van der Waals surface area (Å²) in [6, 6.07) is 23.1. The summed E-state index contributed by atoms with van der Waals surface area (Å²) >= 11 is 0. The van der Waals surface area contributed by atoms with Crippen LogP contribution in [0.4, 0.5) is 21.9 Å². The van der Waals surface area contributed by atoms with Crippen molar-refractivity contribution in [2.75, 3.05) is 16.0 Å². The summed E-state index contributed by atoms with van der Waals surface area (Å²) in [5.41, 5.74) is 3.31. The average Bonchev–Trinajstić information content (AvgIpc) is 2.65. The summed E-state index contributed by atoms with van der Waals surface area (Å²) < 4.78 is 0. The summed E-state index contributed by atoms with van der Waals surface area (Å²) in [6.45, 7) is 1.98. The Morgan fingerprint density at radius 1 is 0.654 bits per heavy atom. The van der Waals surface area contributed by atoms with E-state index in [4.69, 9.17) is 0 Å². The first-order valence-electron chi connectivity index (χ1n) is 8.22. The van der Waals surface area contributed by atoms with Gasteiger partial charge in [-0.25, -0.2) is 4.79 Å². The lowest BCUT2D eigenvalue weighted by molar-refractivity contribution is 0.102. The Balaban J connectivity index is 1.72. The standard InChI is InChI=1S/C21H19N3O2/c1-15-11-13-17(14-12-15)22-20(25)18-9-5-6-10-19(18)24-21(26)23-16-7-3-2-4-8-16/h2-14H,1H3,(H,22,25)(H2,23,24,26). The molecule has 0 aliphatic rings. The number of anilines is 3. The van der Waals surface area contributed by atoms with Crippen molar-refractivity contribution < 1.29 is 9.59 Å². The molecule has 0 aliphatic carbocycles. The normalized spacial score (nSPS) is 10.0. The molecule has 130 valence electrons. The average molecular weight is 345 g/mol. The number of para-hydroxylation sites is 2. The van der Waals surface area contributed by atoms with E-state index in [0.29, 0.717) is 22.6 Å². The first kappa shape index (κ1) is 17.2. The minimum absolute atomic E-state index is 0.288. The molecule has 0 bridgehead atoms. The van der Waals surface area contributed by atoms with Crippen LogP contribution in [0.2, 0.25) is 0 Å². The molecule has 0 heterocycles. The lowest BCUT2D eigenvalue weighted by Gasteiger charge is -2.12. The molecule has 0 fully saturated rings. The highest BCUT2D eigenvalue weighted by Gasteiger charge is 2.13. The molecule has 0 atom stereocenters. The smallest absolute Gasteiger partial charge is 0.322 e. The van der Waals surface area contributed by atoms with Gasteiger partial charge < -0.3 is 16.0 Å². The largest absolute Gasteiger partial charge is 0.323 e. The number of hydrogen-bond acceptors (Lipinski definition) is 2. The van der Waals surface area contributed by atoms with Crippen molar-refractivity contribution in [2.24, 2.45) is 0 Å². The van der Waals surface area contributed by atoms with Gasteiger partial charge in [-0.2, -0.15) is 0 Å². The zero-order valence-corrected chi connectivity index (χ0v) is 14.3. The Hall–Kier alpha value is -3.60. The zero-order valence-electron chi connectivity index (χ0n) is 14.3. The molecule has 3 aromatic carbocycles. The van der Waals surface area contributed by atoms with Crippen LogP contribution in [0.5, 0.6) is 0 Å². The number of benzene rings is 3. The van der Waals surface area contributed by atoms with Gasteiger partial charge in [0.05, 0.1) is 11.3 Å².